The summed E-state index contributed by atoms with van der Waals surface area (Å²) in [6.45, 7) is 3.31. The third-order valence-electron chi connectivity index (χ3n) is 4.98. The molecular weight excluding hydrogens is 322 g/mol. The number of nitrogens with one attached hydrogen (secondary N) is 1. The van der Waals surface area contributed by atoms with E-state index in [2.05, 4.69) is 20.5 Å². The zero-order valence-electron chi connectivity index (χ0n) is 14.3. The SMILES string of the molecule is Cn1cc(CN2C[C@@H]3CCCO[C@@H]3[C@H](NC(=O)c3ccno3)C2)cn1. The summed E-state index contributed by atoms with van der Waals surface area (Å²) in [4.78, 5) is 14.8. The Morgan fingerprint density at radius 2 is 2.36 bits per heavy atom. The molecule has 0 bridgehead atoms. The first-order valence-electron chi connectivity index (χ1n) is 8.72. The van der Waals surface area contributed by atoms with Crippen LogP contribution in [0.5, 0.6) is 0 Å². The number of nitrogens with zero attached hydrogens (tertiary/aromatic N) is 4. The average Bonchev–Trinajstić information content (AvgIpc) is 3.27. The minimum absolute atomic E-state index is 0.0609. The highest BCUT2D eigenvalue weighted by Crippen LogP contribution is 2.29. The third kappa shape index (κ3) is 3.59. The average molecular weight is 345 g/mol. The van der Waals surface area contributed by atoms with Crippen molar-refractivity contribution in [2.24, 2.45) is 13.0 Å². The van der Waals surface area contributed by atoms with Gasteiger partial charge < -0.3 is 14.6 Å². The van der Waals surface area contributed by atoms with Crippen molar-refractivity contribution in [2.45, 2.75) is 31.5 Å². The highest BCUT2D eigenvalue weighted by molar-refractivity contribution is 5.91. The lowest BCUT2D eigenvalue weighted by Crippen LogP contribution is -2.60. The first-order valence-corrected chi connectivity index (χ1v) is 8.72. The Labute approximate surface area is 146 Å². The van der Waals surface area contributed by atoms with Crippen molar-refractivity contribution in [3.05, 3.63) is 36.0 Å². The van der Waals surface area contributed by atoms with Gasteiger partial charge >= 0.3 is 0 Å². The van der Waals surface area contributed by atoms with Gasteiger partial charge in [0.05, 0.1) is 24.5 Å². The number of fused-ring (bicyclic) bond motifs is 1. The molecule has 134 valence electrons. The Morgan fingerprint density at radius 1 is 1.44 bits per heavy atom. The molecule has 0 saturated carbocycles. The minimum Gasteiger partial charge on any atom is -0.376 e. The molecule has 0 unspecified atom stereocenters. The van der Waals surface area contributed by atoms with Gasteiger partial charge in [-0.3, -0.25) is 14.4 Å². The van der Waals surface area contributed by atoms with Crippen LogP contribution < -0.4 is 5.32 Å². The van der Waals surface area contributed by atoms with Gasteiger partial charge in [0.1, 0.15) is 0 Å². The smallest absolute Gasteiger partial charge is 0.290 e. The van der Waals surface area contributed by atoms with Crippen molar-refractivity contribution in [1.29, 1.82) is 0 Å². The standard InChI is InChI=1S/C17H23N5O3/c1-21-8-12(7-18-21)9-22-10-13-3-2-6-24-16(13)14(11-22)20-17(23)15-4-5-19-25-15/h4-5,7-8,13-14,16H,2-3,6,9-11H2,1H3,(H,20,23)/t13-,14+,16-/m0/s1. The number of hydrogen-bond donors (Lipinski definition) is 1. The molecule has 0 spiro atoms. The topological polar surface area (TPSA) is 85.4 Å². The largest absolute Gasteiger partial charge is 0.376 e. The fourth-order valence-electron chi connectivity index (χ4n) is 3.93. The second kappa shape index (κ2) is 6.97. The molecule has 0 aromatic carbocycles. The summed E-state index contributed by atoms with van der Waals surface area (Å²) in [5, 5.41) is 10.9. The van der Waals surface area contributed by atoms with E-state index in [0.717, 1.165) is 39.1 Å². The summed E-state index contributed by atoms with van der Waals surface area (Å²) in [5.74, 6) is 0.426. The fourth-order valence-corrected chi connectivity index (χ4v) is 3.93. The summed E-state index contributed by atoms with van der Waals surface area (Å²) in [7, 11) is 1.92. The number of carbonyl (C=O) groups is 1. The summed E-state index contributed by atoms with van der Waals surface area (Å²) < 4.78 is 12.8. The normalized spacial score (nSPS) is 27.0. The van der Waals surface area contributed by atoms with Crippen LogP contribution in [-0.2, 0) is 18.3 Å². The Hall–Kier alpha value is -2.19. The number of carbonyl (C=O) groups excluding carboxylic acids is 1. The summed E-state index contributed by atoms with van der Waals surface area (Å²) in [6, 6.07) is 1.51. The summed E-state index contributed by atoms with van der Waals surface area (Å²) >= 11 is 0. The maximum absolute atomic E-state index is 12.4. The molecule has 1 amide bonds. The Bertz CT molecular complexity index is 714. The van der Waals surface area contributed by atoms with Crippen LogP contribution in [0.4, 0.5) is 0 Å². The van der Waals surface area contributed by atoms with Crippen molar-refractivity contribution in [3.8, 4) is 0 Å². The predicted octanol–water partition coefficient (Wildman–Crippen LogP) is 0.817. The van der Waals surface area contributed by atoms with E-state index < -0.39 is 0 Å². The zero-order valence-corrected chi connectivity index (χ0v) is 14.3. The van der Waals surface area contributed by atoms with Crippen molar-refractivity contribution < 1.29 is 14.1 Å². The van der Waals surface area contributed by atoms with Crippen LogP contribution in [0.1, 0.15) is 29.0 Å². The van der Waals surface area contributed by atoms with Gasteiger partial charge in [0, 0.05) is 51.1 Å². The first kappa shape index (κ1) is 16.3. The number of hydrogen-bond acceptors (Lipinski definition) is 6. The number of aromatic nitrogens is 3. The molecule has 8 heteroatoms. The number of rotatable bonds is 4. The zero-order chi connectivity index (χ0) is 17.2. The van der Waals surface area contributed by atoms with Gasteiger partial charge in [-0.1, -0.05) is 5.16 Å². The van der Waals surface area contributed by atoms with Crippen molar-refractivity contribution >= 4 is 5.91 Å². The lowest BCUT2D eigenvalue weighted by Gasteiger charge is -2.45. The van der Waals surface area contributed by atoms with E-state index in [0.29, 0.717) is 5.92 Å². The monoisotopic (exact) mass is 345 g/mol. The molecule has 8 nitrogen and oxygen atoms in total. The molecule has 0 aliphatic carbocycles. The molecule has 2 saturated heterocycles. The highest BCUT2D eigenvalue weighted by Gasteiger charge is 2.40. The Balaban J connectivity index is 1.47. The number of ether oxygens (including phenoxy) is 1. The van der Waals surface area contributed by atoms with Crippen molar-refractivity contribution in [1.82, 2.24) is 25.2 Å². The van der Waals surface area contributed by atoms with E-state index in [1.54, 1.807) is 6.07 Å². The van der Waals surface area contributed by atoms with Crippen LogP contribution in [0.25, 0.3) is 0 Å². The van der Waals surface area contributed by atoms with Crippen LogP contribution >= 0.6 is 0 Å². The molecule has 2 aliphatic heterocycles. The van der Waals surface area contributed by atoms with Gasteiger partial charge in [-0.05, 0) is 18.8 Å². The van der Waals surface area contributed by atoms with Crippen LogP contribution in [0.2, 0.25) is 0 Å². The van der Waals surface area contributed by atoms with Crippen molar-refractivity contribution in [3.63, 3.8) is 0 Å². The molecule has 0 radical (unpaired) electrons. The van der Waals surface area contributed by atoms with Gasteiger partial charge in [-0.25, -0.2) is 0 Å². The maximum atomic E-state index is 12.4. The molecule has 1 N–H and O–H groups in total. The minimum atomic E-state index is -0.237. The number of aryl methyl sites for hydroxylation is 1. The molecule has 2 aliphatic rings. The predicted molar refractivity (Wildman–Crippen MR) is 88.7 cm³/mol. The molecule has 4 heterocycles. The van der Waals surface area contributed by atoms with Gasteiger partial charge in [0.25, 0.3) is 5.91 Å². The van der Waals surface area contributed by atoms with E-state index in [1.165, 1.54) is 11.8 Å². The van der Waals surface area contributed by atoms with Gasteiger partial charge in [-0.15, -0.1) is 0 Å². The molecule has 25 heavy (non-hydrogen) atoms. The second-order valence-electron chi connectivity index (χ2n) is 6.91. The van der Waals surface area contributed by atoms with Gasteiger partial charge in [0.15, 0.2) is 0 Å². The van der Waals surface area contributed by atoms with E-state index in [4.69, 9.17) is 9.26 Å². The first-order chi connectivity index (χ1) is 12.2. The van der Waals surface area contributed by atoms with E-state index in [9.17, 15) is 4.79 Å². The second-order valence-corrected chi connectivity index (χ2v) is 6.91. The van der Waals surface area contributed by atoms with Crippen LogP contribution in [0.15, 0.2) is 29.2 Å². The van der Waals surface area contributed by atoms with Crippen molar-refractivity contribution in [2.75, 3.05) is 19.7 Å². The Morgan fingerprint density at radius 3 is 3.12 bits per heavy atom. The number of piperidine rings is 1. The maximum Gasteiger partial charge on any atom is 0.290 e. The highest BCUT2D eigenvalue weighted by atomic mass is 16.5. The number of likely N-dealkylation sites (tertiary alicyclic amines) is 1. The quantitative estimate of drug-likeness (QED) is 0.883. The van der Waals surface area contributed by atoms with E-state index in [-0.39, 0.29) is 23.8 Å². The third-order valence-corrected chi connectivity index (χ3v) is 4.98. The molecule has 2 aromatic heterocycles. The van der Waals surface area contributed by atoms with E-state index in [1.807, 2.05) is 24.1 Å². The Kier molecular flexibility index (Phi) is 4.54. The lowest BCUT2D eigenvalue weighted by molar-refractivity contribution is -0.0849. The van der Waals surface area contributed by atoms with E-state index >= 15 is 0 Å². The van der Waals surface area contributed by atoms with Gasteiger partial charge in [-0.2, -0.15) is 5.10 Å². The summed E-state index contributed by atoms with van der Waals surface area (Å²) in [5.41, 5.74) is 1.18. The molecule has 4 rings (SSSR count). The van der Waals surface area contributed by atoms with Crippen LogP contribution in [0.3, 0.4) is 0 Å². The summed E-state index contributed by atoms with van der Waals surface area (Å²) in [6.07, 6.45) is 7.67. The number of amides is 1. The molecular formula is C17H23N5O3. The van der Waals surface area contributed by atoms with Crippen LogP contribution in [0, 0.1) is 5.92 Å². The fraction of sp³-hybridized carbons (Fsp3) is 0.588. The lowest BCUT2D eigenvalue weighted by atomic mass is 9.85. The molecule has 3 atom stereocenters. The molecule has 2 aromatic rings. The molecule has 2 fully saturated rings. The van der Waals surface area contributed by atoms with Gasteiger partial charge in [0.2, 0.25) is 5.76 Å². The van der Waals surface area contributed by atoms with Crippen LogP contribution in [-0.4, -0.2) is 57.6 Å².